The van der Waals surface area contributed by atoms with Gasteiger partial charge in [0.15, 0.2) is 0 Å². The van der Waals surface area contributed by atoms with E-state index in [2.05, 4.69) is 9.97 Å². The summed E-state index contributed by atoms with van der Waals surface area (Å²) in [7, 11) is 0. The average molecular weight is 372 g/mol. The van der Waals surface area contributed by atoms with Gasteiger partial charge in [0.1, 0.15) is 6.33 Å². The molecule has 0 saturated carbocycles. The lowest BCUT2D eigenvalue weighted by Gasteiger charge is -2.43. The molecule has 6 nitrogen and oxygen atoms in total. The third-order valence-corrected chi connectivity index (χ3v) is 5.78. The number of carbonyl (C=O) groups is 1. The maximum Gasteiger partial charge on any atom is 0.258 e. The van der Waals surface area contributed by atoms with Crippen molar-refractivity contribution in [3.63, 3.8) is 0 Å². The van der Waals surface area contributed by atoms with Crippen LogP contribution in [0.2, 0.25) is 0 Å². The van der Waals surface area contributed by atoms with Crippen LogP contribution in [0.5, 0.6) is 0 Å². The largest absolute Gasteiger partial charge is 0.338 e. The minimum absolute atomic E-state index is 0.00448. The van der Waals surface area contributed by atoms with Crippen LogP contribution in [-0.4, -0.2) is 38.4 Å². The summed E-state index contributed by atoms with van der Waals surface area (Å²) in [6.07, 6.45) is 5.81. The third kappa shape index (κ3) is 2.81. The van der Waals surface area contributed by atoms with Crippen LogP contribution in [0.3, 0.4) is 0 Å². The standard InChI is InChI=1S/C22H20N4O2/c27-21(16-4-2-1-3-5-16)25-11-15-8-17(13-25)20-7-6-19(22(28)26(20)12-15)18-9-23-14-24-10-18/h1-7,9-10,14-15,17H,8,11-13H2/t15-,17-/m1/s1. The lowest BCUT2D eigenvalue weighted by molar-refractivity contribution is 0.0594. The van der Waals surface area contributed by atoms with Crippen molar-refractivity contribution in [3.8, 4) is 11.1 Å². The molecular formula is C22H20N4O2. The van der Waals surface area contributed by atoms with Gasteiger partial charge in [0.25, 0.3) is 11.5 Å². The zero-order valence-corrected chi connectivity index (χ0v) is 15.4. The summed E-state index contributed by atoms with van der Waals surface area (Å²) >= 11 is 0. The van der Waals surface area contributed by atoms with Crippen molar-refractivity contribution in [1.29, 1.82) is 0 Å². The number of hydrogen-bond donors (Lipinski definition) is 0. The molecule has 1 aromatic carbocycles. The first-order valence-electron chi connectivity index (χ1n) is 9.54. The summed E-state index contributed by atoms with van der Waals surface area (Å²) in [4.78, 5) is 36.0. The molecule has 0 spiro atoms. The van der Waals surface area contributed by atoms with E-state index in [1.165, 1.54) is 6.33 Å². The topological polar surface area (TPSA) is 68.1 Å². The highest BCUT2D eigenvalue weighted by molar-refractivity contribution is 5.94. The van der Waals surface area contributed by atoms with E-state index in [9.17, 15) is 9.59 Å². The van der Waals surface area contributed by atoms with Crippen molar-refractivity contribution in [2.75, 3.05) is 13.1 Å². The van der Waals surface area contributed by atoms with Crippen molar-refractivity contribution in [2.24, 2.45) is 5.92 Å². The van der Waals surface area contributed by atoms with E-state index in [0.29, 0.717) is 31.1 Å². The number of piperidine rings is 1. The fraction of sp³-hybridized carbons (Fsp3) is 0.273. The lowest BCUT2D eigenvalue weighted by Crippen LogP contribution is -2.49. The van der Waals surface area contributed by atoms with Gasteiger partial charge in [-0.2, -0.15) is 0 Å². The van der Waals surface area contributed by atoms with Gasteiger partial charge < -0.3 is 9.47 Å². The Bertz CT molecular complexity index is 1080. The Labute approximate surface area is 162 Å². The Hall–Kier alpha value is -3.28. The normalized spacial score (nSPS) is 20.5. The highest BCUT2D eigenvalue weighted by Crippen LogP contribution is 2.36. The van der Waals surface area contributed by atoms with Gasteiger partial charge in [0.05, 0.1) is 5.56 Å². The summed E-state index contributed by atoms with van der Waals surface area (Å²) in [5.41, 5.74) is 3.11. The minimum Gasteiger partial charge on any atom is -0.338 e. The van der Waals surface area contributed by atoms with E-state index in [0.717, 1.165) is 23.2 Å². The molecule has 0 unspecified atom stereocenters. The number of rotatable bonds is 2. The first kappa shape index (κ1) is 16.9. The third-order valence-electron chi connectivity index (χ3n) is 5.78. The van der Waals surface area contributed by atoms with Gasteiger partial charge in [-0.25, -0.2) is 9.97 Å². The van der Waals surface area contributed by atoms with E-state index in [1.54, 1.807) is 12.4 Å². The van der Waals surface area contributed by atoms with Crippen LogP contribution >= 0.6 is 0 Å². The molecule has 2 bridgehead atoms. The number of aromatic nitrogens is 3. The molecular weight excluding hydrogens is 352 g/mol. The zero-order valence-electron chi connectivity index (χ0n) is 15.4. The molecule has 28 heavy (non-hydrogen) atoms. The van der Waals surface area contributed by atoms with E-state index >= 15 is 0 Å². The Morgan fingerprint density at radius 1 is 0.964 bits per heavy atom. The number of hydrogen-bond acceptors (Lipinski definition) is 4. The Balaban J connectivity index is 1.47. The van der Waals surface area contributed by atoms with E-state index < -0.39 is 0 Å². The van der Waals surface area contributed by atoms with E-state index in [1.807, 2.05) is 51.9 Å². The SMILES string of the molecule is O=C(c1ccccc1)N1C[C@H]2C[C@H](C1)c1ccc(-c3cncnc3)c(=O)n1C2. The predicted octanol–water partition coefficient (Wildman–Crippen LogP) is 2.56. The first-order valence-corrected chi connectivity index (χ1v) is 9.54. The Morgan fingerprint density at radius 2 is 1.75 bits per heavy atom. The highest BCUT2D eigenvalue weighted by Gasteiger charge is 2.36. The minimum atomic E-state index is 0.00448. The number of fused-ring (bicyclic) bond motifs is 4. The van der Waals surface area contributed by atoms with Gasteiger partial charge in [-0.15, -0.1) is 0 Å². The maximum absolute atomic E-state index is 13.1. The molecule has 0 aliphatic carbocycles. The second-order valence-electron chi connectivity index (χ2n) is 7.59. The molecule has 2 aliphatic rings. The Kier molecular flexibility index (Phi) is 4.04. The van der Waals surface area contributed by atoms with Crippen molar-refractivity contribution in [1.82, 2.24) is 19.4 Å². The number of pyridine rings is 1. The van der Waals surface area contributed by atoms with Gasteiger partial charge >= 0.3 is 0 Å². The summed E-state index contributed by atoms with van der Waals surface area (Å²) < 4.78 is 1.89. The molecule has 3 aromatic rings. The van der Waals surface area contributed by atoms with Gasteiger partial charge in [-0.05, 0) is 36.6 Å². The maximum atomic E-state index is 13.1. The van der Waals surface area contributed by atoms with Gasteiger partial charge in [0, 0.05) is 54.8 Å². The molecule has 1 saturated heterocycles. The predicted molar refractivity (Wildman–Crippen MR) is 105 cm³/mol. The summed E-state index contributed by atoms with van der Waals surface area (Å²) in [6, 6.07) is 13.3. The van der Waals surface area contributed by atoms with Crippen LogP contribution in [0.4, 0.5) is 0 Å². The molecule has 4 heterocycles. The molecule has 2 aromatic heterocycles. The second-order valence-corrected chi connectivity index (χ2v) is 7.59. The Morgan fingerprint density at radius 3 is 2.54 bits per heavy atom. The van der Waals surface area contributed by atoms with E-state index in [4.69, 9.17) is 0 Å². The van der Waals surface area contributed by atoms with Crippen molar-refractivity contribution < 1.29 is 4.79 Å². The van der Waals surface area contributed by atoms with Crippen molar-refractivity contribution >= 4 is 5.91 Å². The van der Waals surface area contributed by atoms with Crippen molar-refractivity contribution in [2.45, 2.75) is 18.9 Å². The number of nitrogens with zero attached hydrogens (tertiary/aromatic N) is 4. The number of likely N-dealkylation sites (tertiary alicyclic amines) is 1. The summed E-state index contributed by atoms with van der Waals surface area (Å²) in [5, 5.41) is 0. The van der Waals surface area contributed by atoms with Crippen LogP contribution in [-0.2, 0) is 6.54 Å². The fourth-order valence-corrected chi connectivity index (χ4v) is 4.53. The molecule has 2 aliphatic heterocycles. The monoisotopic (exact) mass is 372 g/mol. The molecule has 6 heteroatoms. The van der Waals surface area contributed by atoms with Gasteiger partial charge in [-0.3, -0.25) is 9.59 Å². The molecule has 0 radical (unpaired) electrons. The van der Waals surface area contributed by atoms with Gasteiger partial charge in [-0.1, -0.05) is 18.2 Å². The van der Waals surface area contributed by atoms with Gasteiger partial charge in [0.2, 0.25) is 0 Å². The molecule has 1 fully saturated rings. The van der Waals surface area contributed by atoms with E-state index in [-0.39, 0.29) is 17.4 Å². The zero-order chi connectivity index (χ0) is 19.1. The molecule has 5 rings (SSSR count). The smallest absolute Gasteiger partial charge is 0.258 e. The number of carbonyl (C=O) groups excluding carboxylic acids is 1. The van der Waals surface area contributed by atoms with Crippen LogP contribution in [0.25, 0.3) is 11.1 Å². The van der Waals surface area contributed by atoms with Crippen LogP contribution in [0.15, 0.2) is 66.0 Å². The van der Waals surface area contributed by atoms with Crippen molar-refractivity contribution in [3.05, 3.63) is 82.8 Å². The summed E-state index contributed by atoms with van der Waals surface area (Å²) in [6.45, 7) is 1.98. The summed E-state index contributed by atoms with van der Waals surface area (Å²) in [5.74, 6) is 0.553. The first-order chi connectivity index (χ1) is 13.7. The number of benzene rings is 1. The second kappa shape index (κ2) is 6.71. The van der Waals surface area contributed by atoms with Crippen LogP contribution < -0.4 is 5.56 Å². The molecule has 2 atom stereocenters. The molecule has 0 N–H and O–H groups in total. The van der Waals surface area contributed by atoms with Crippen LogP contribution in [0.1, 0.15) is 28.4 Å². The van der Waals surface area contributed by atoms with Crippen LogP contribution in [0, 0.1) is 5.92 Å². The quantitative estimate of drug-likeness (QED) is 0.693. The lowest BCUT2D eigenvalue weighted by atomic mass is 9.82. The number of amides is 1. The average Bonchev–Trinajstić information content (AvgIpc) is 2.75. The molecule has 1 amide bonds. The highest BCUT2D eigenvalue weighted by atomic mass is 16.2. The molecule has 140 valence electrons. The fourth-order valence-electron chi connectivity index (χ4n) is 4.53.